The quantitative estimate of drug-likeness (QED) is 0.790. The summed E-state index contributed by atoms with van der Waals surface area (Å²) in [7, 11) is 0. The van der Waals surface area contributed by atoms with Crippen molar-refractivity contribution in [2.45, 2.75) is 51.8 Å². The van der Waals surface area contributed by atoms with Gasteiger partial charge in [-0.05, 0) is 42.2 Å². The SMILES string of the molecule is CC1CC(C)(C)CCC1(O)c1ccccc1C(F)(F)F. The van der Waals surface area contributed by atoms with Crippen LogP contribution in [0.5, 0.6) is 0 Å². The van der Waals surface area contributed by atoms with Gasteiger partial charge in [0.15, 0.2) is 0 Å². The van der Waals surface area contributed by atoms with Crippen molar-refractivity contribution in [3.63, 3.8) is 0 Å². The molecule has 0 aromatic heterocycles. The molecule has 1 aliphatic carbocycles. The highest BCUT2D eigenvalue weighted by molar-refractivity contribution is 5.35. The summed E-state index contributed by atoms with van der Waals surface area (Å²) in [4.78, 5) is 0. The van der Waals surface area contributed by atoms with Crippen LogP contribution >= 0.6 is 0 Å². The third-order valence-corrected chi connectivity index (χ3v) is 4.56. The topological polar surface area (TPSA) is 20.2 Å². The highest BCUT2D eigenvalue weighted by atomic mass is 19.4. The maximum Gasteiger partial charge on any atom is 0.416 e. The zero-order valence-corrected chi connectivity index (χ0v) is 12.1. The van der Waals surface area contributed by atoms with E-state index in [0.717, 1.165) is 18.9 Å². The molecule has 0 spiro atoms. The fourth-order valence-electron chi connectivity index (χ4n) is 3.38. The second-order valence-corrected chi connectivity index (χ2v) is 6.74. The molecular weight excluding hydrogens is 265 g/mol. The van der Waals surface area contributed by atoms with Gasteiger partial charge < -0.3 is 5.11 Å². The van der Waals surface area contributed by atoms with Crippen molar-refractivity contribution >= 4 is 0 Å². The molecule has 2 atom stereocenters. The van der Waals surface area contributed by atoms with Crippen molar-refractivity contribution in [1.82, 2.24) is 0 Å². The molecule has 0 aliphatic heterocycles. The molecule has 0 amide bonds. The Hall–Kier alpha value is -1.03. The Balaban J connectivity index is 2.46. The number of halogens is 3. The summed E-state index contributed by atoms with van der Waals surface area (Å²) < 4.78 is 39.4. The molecular formula is C16H21F3O. The molecule has 1 aliphatic rings. The molecule has 20 heavy (non-hydrogen) atoms. The Morgan fingerprint density at radius 1 is 1.15 bits per heavy atom. The van der Waals surface area contributed by atoms with Crippen LogP contribution in [0.2, 0.25) is 0 Å². The van der Waals surface area contributed by atoms with Crippen molar-refractivity contribution in [1.29, 1.82) is 0 Å². The first kappa shape index (κ1) is 15.4. The first-order valence-corrected chi connectivity index (χ1v) is 6.95. The Morgan fingerprint density at radius 2 is 1.75 bits per heavy atom. The summed E-state index contributed by atoms with van der Waals surface area (Å²) in [6.07, 6.45) is -2.62. The highest BCUT2D eigenvalue weighted by Crippen LogP contribution is 2.50. The van der Waals surface area contributed by atoms with E-state index < -0.39 is 17.3 Å². The van der Waals surface area contributed by atoms with E-state index in [2.05, 4.69) is 13.8 Å². The van der Waals surface area contributed by atoms with Gasteiger partial charge in [-0.3, -0.25) is 0 Å². The predicted molar refractivity (Wildman–Crippen MR) is 72.1 cm³/mol. The Morgan fingerprint density at radius 3 is 2.30 bits per heavy atom. The van der Waals surface area contributed by atoms with Gasteiger partial charge >= 0.3 is 6.18 Å². The van der Waals surface area contributed by atoms with Crippen LogP contribution < -0.4 is 0 Å². The fraction of sp³-hybridized carbons (Fsp3) is 0.625. The van der Waals surface area contributed by atoms with E-state index in [0.29, 0.717) is 6.42 Å². The van der Waals surface area contributed by atoms with Crippen LogP contribution in [-0.4, -0.2) is 5.11 Å². The number of benzene rings is 1. The van der Waals surface area contributed by atoms with E-state index in [9.17, 15) is 18.3 Å². The maximum absolute atomic E-state index is 13.1. The summed E-state index contributed by atoms with van der Waals surface area (Å²) in [5.74, 6) is -0.199. The number of alkyl halides is 3. The normalized spacial score (nSPS) is 30.2. The van der Waals surface area contributed by atoms with E-state index in [-0.39, 0.29) is 16.9 Å². The van der Waals surface area contributed by atoms with Crippen molar-refractivity contribution in [2.75, 3.05) is 0 Å². The molecule has 0 radical (unpaired) electrons. The van der Waals surface area contributed by atoms with Crippen molar-refractivity contribution < 1.29 is 18.3 Å². The highest BCUT2D eigenvalue weighted by Gasteiger charge is 2.47. The van der Waals surface area contributed by atoms with Crippen molar-refractivity contribution in [3.05, 3.63) is 35.4 Å². The van der Waals surface area contributed by atoms with Gasteiger partial charge in [0.25, 0.3) is 0 Å². The Labute approximate surface area is 117 Å². The van der Waals surface area contributed by atoms with E-state index in [1.54, 1.807) is 6.07 Å². The molecule has 1 aromatic carbocycles. The lowest BCUT2D eigenvalue weighted by atomic mass is 9.63. The first-order chi connectivity index (χ1) is 9.06. The molecule has 0 bridgehead atoms. The van der Waals surface area contributed by atoms with Gasteiger partial charge in [-0.15, -0.1) is 0 Å². The Kier molecular flexibility index (Phi) is 3.66. The molecule has 0 saturated heterocycles. The molecule has 1 saturated carbocycles. The molecule has 0 heterocycles. The van der Waals surface area contributed by atoms with Crippen LogP contribution in [0, 0.1) is 11.3 Å². The lowest BCUT2D eigenvalue weighted by Crippen LogP contribution is -2.42. The summed E-state index contributed by atoms with van der Waals surface area (Å²) in [6.45, 7) is 6.03. The molecule has 1 N–H and O–H groups in total. The summed E-state index contributed by atoms with van der Waals surface area (Å²) in [6, 6.07) is 5.40. The predicted octanol–water partition coefficient (Wildman–Crippen LogP) is 4.74. The van der Waals surface area contributed by atoms with E-state index in [1.807, 2.05) is 6.92 Å². The second kappa shape index (κ2) is 4.76. The van der Waals surface area contributed by atoms with Crippen LogP contribution in [-0.2, 0) is 11.8 Å². The summed E-state index contributed by atoms with van der Waals surface area (Å²) in [5.41, 5.74) is -2.01. The second-order valence-electron chi connectivity index (χ2n) is 6.74. The number of rotatable bonds is 1. The Bertz CT molecular complexity index is 493. The van der Waals surface area contributed by atoms with E-state index in [1.165, 1.54) is 12.1 Å². The minimum Gasteiger partial charge on any atom is -0.385 e. The van der Waals surface area contributed by atoms with Gasteiger partial charge in [0, 0.05) is 0 Å². The fourth-order valence-corrected chi connectivity index (χ4v) is 3.38. The average Bonchev–Trinajstić information content (AvgIpc) is 2.33. The molecule has 4 heteroatoms. The third-order valence-electron chi connectivity index (χ3n) is 4.56. The monoisotopic (exact) mass is 286 g/mol. The van der Waals surface area contributed by atoms with Crippen LogP contribution in [0.4, 0.5) is 13.2 Å². The van der Waals surface area contributed by atoms with Gasteiger partial charge in [-0.1, -0.05) is 39.0 Å². The van der Waals surface area contributed by atoms with Crippen LogP contribution in [0.1, 0.15) is 51.2 Å². The number of hydrogen-bond acceptors (Lipinski definition) is 1. The van der Waals surface area contributed by atoms with Gasteiger partial charge in [-0.25, -0.2) is 0 Å². The summed E-state index contributed by atoms with van der Waals surface area (Å²) in [5, 5.41) is 10.9. The lowest BCUT2D eigenvalue weighted by molar-refractivity contribution is -0.144. The van der Waals surface area contributed by atoms with Gasteiger partial charge in [-0.2, -0.15) is 13.2 Å². The summed E-state index contributed by atoms with van der Waals surface area (Å²) >= 11 is 0. The molecule has 1 aromatic rings. The van der Waals surface area contributed by atoms with Crippen LogP contribution in [0.15, 0.2) is 24.3 Å². The van der Waals surface area contributed by atoms with Crippen molar-refractivity contribution in [2.24, 2.45) is 11.3 Å². The minimum atomic E-state index is -4.43. The molecule has 1 fully saturated rings. The molecule has 2 rings (SSSR count). The molecule has 112 valence electrons. The largest absolute Gasteiger partial charge is 0.416 e. The van der Waals surface area contributed by atoms with Gasteiger partial charge in [0.1, 0.15) is 0 Å². The first-order valence-electron chi connectivity index (χ1n) is 6.95. The standard InChI is InChI=1S/C16H21F3O/c1-11-10-14(2,3)8-9-15(11,20)12-6-4-5-7-13(12)16(17,18)19/h4-7,11,20H,8-10H2,1-3H3. The average molecular weight is 286 g/mol. The maximum atomic E-state index is 13.1. The third kappa shape index (κ3) is 2.71. The minimum absolute atomic E-state index is 0.0236. The van der Waals surface area contributed by atoms with Crippen molar-refractivity contribution in [3.8, 4) is 0 Å². The smallest absolute Gasteiger partial charge is 0.385 e. The van der Waals surface area contributed by atoms with Gasteiger partial charge in [0.2, 0.25) is 0 Å². The molecule has 2 unspecified atom stereocenters. The van der Waals surface area contributed by atoms with Gasteiger partial charge in [0.05, 0.1) is 11.2 Å². The lowest BCUT2D eigenvalue weighted by Gasteiger charge is -2.46. The van der Waals surface area contributed by atoms with Crippen LogP contribution in [0.25, 0.3) is 0 Å². The number of aliphatic hydroxyl groups is 1. The zero-order valence-electron chi connectivity index (χ0n) is 12.1. The van der Waals surface area contributed by atoms with E-state index >= 15 is 0 Å². The zero-order chi connectivity index (χ0) is 15.2. The number of hydrogen-bond donors (Lipinski definition) is 1. The molecule has 1 nitrogen and oxygen atoms in total. The van der Waals surface area contributed by atoms with Crippen LogP contribution in [0.3, 0.4) is 0 Å². The van der Waals surface area contributed by atoms with E-state index in [4.69, 9.17) is 0 Å².